The number of thiophene rings is 1. The van der Waals surface area contributed by atoms with E-state index in [-0.39, 0.29) is 5.91 Å². The third kappa shape index (κ3) is 4.35. The molecule has 2 aromatic rings. The summed E-state index contributed by atoms with van der Waals surface area (Å²) >= 11 is 1.49. The van der Waals surface area contributed by atoms with Gasteiger partial charge in [-0.15, -0.1) is 11.3 Å². The Labute approximate surface area is 123 Å². The second-order valence-corrected chi connectivity index (χ2v) is 5.45. The summed E-state index contributed by atoms with van der Waals surface area (Å²) in [5, 5.41) is 8.15. The van der Waals surface area contributed by atoms with Crippen LogP contribution in [0.2, 0.25) is 0 Å². The number of carbonyl (C=O) groups excluding carboxylic acids is 1. The average Bonchev–Trinajstić information content (AvgIpc) is 2.90. The number of aryl methyl sites for hydroxylation is 1. The van der Waals surface area contributed by atoms with Crippen molar-refractivity contribution in [2.45, 2.75) is 19.8 Å². The second kappa shape index (κ2) is 7.65. The number of aromatic nitrogens is 1. The zero-order valence-corrected chi connectivity index (χ0v) is 12.4. The number of amides is 1. The van der Waals surface area contributed by atoms with E-state index >= 15 is 0 Å². The first kappa shape index (κ1) is 14.5. The zero-order chi connectivity index (χ0) is 14.2. The van der Waals surface area contributed by atoms with Gasteiger partial charge in [0.2, 0.25) is 0 Å². The summed E-state index contributed by atoms with van der Waals surface area (Å²) in [5.74, 6) is 0.931. The van der Waals surface area contributed by atoms with Gasteiger partial charge in [-0.2, -0.15) is 0 Å². The van der Waals surface area contributed by atoms with Gasteiger partial charge in [0.1, 0.15) is 5.82 Å². The third-order valence-corrected chi connectivity index (χ3v) is 3.94. The van der Waals surface area contributed by atoms with E-state index in [0.29, 0.717) is 6.54 Å². The van der Waals surface area contributed by atoms with Crippen LogP contribution in [0.15, 0.2) is 35.8 Å². The number of anilines is 1. The van der Waals surface area contributed by atoms with Gasteiger partial charge in [-0.05, 0) is 48.9 Å². The molecule has 5 heteroatoms. The van der Waals surface area contributed by atoms with Crippen LogP contribution in [-0.2, 0) is 0 Å². The fraction of sp³-hybridized carbons (Fsp3) is 0.333. The summed E-state index contributed by atoms with van der Waals surface area (Å²) in [7, 11) is 0. The van der Waals surface area contributed by atoms with Crippen molar-refractivity contribution < 1.29 is 4.79 Å². The summed E-state index contributed by atoms with van der Waals surface area (Å²) in [6, 6.07) is 7.77. The molecule has 0 unspecified atom stereocenters. The van der Waals surface area contributed by atoms with E-state index in [1.165, 1.54) is 11.3 Å². The van der Waals surface area contributed by atoms with E-state index in [9.17, 15) is 4.79 Å². The number of nitrogens with zero attached hydrogens (tertiary/aromatic N) is 1. The Hall–Kier alpha value is -1.88. The largest absolute Gasteiger partial charge is 0.370 e. The van der Waals surface area contributed by atoms with Crippen LogP contribution >= 0.6 is 11.3 Å². The molecule has 2 N–H and O–H groups in total. The molecule has 1 amide bonds. The van der Waals surface area contributed by atoms with Crippen molar-refractivity contribution in [2.24, 2.45) is 0 Å². The molecular weight excluding hydrogens is 270 g/mol. The van der Waals surface area contributed by atoms with Crippen LogP contribution in [0.25, 0.3) is 0 Å². The molecular formula is C15H19N3OS. The van der Waals surface area contributed by atoms with Crippen LogP contribution in [0.1, 0.15) is 28.1 Å². The maximum atomic E-state index is 11.9. The smallest absolute Gasteiger partial charge is 0.261 e. The van der Waals surface area contributed by atoms with Gasteiger partial charge in [-0.25, -0.2) is 4.98 Å². The van der Waals surface area contributed by atoms with E-state index in [1.807, 2.05) is 36.6 Å². The van der Waals surface area contributed by atoms with Crippen molar-refractivity contribution in [1.82, 2.24) is 10.3 Å². The highest BCUT2D eigenvalue weighted by atomic mass is 32.1. The molecule has 0 aliphatic rings. The Morgan fingerprint density at radius 2 is 2.10 bits per heavy atom. The SMILES string of the molecule is Cc1ccsc1C(=O)NCCCCNc1ccccn1. The highest BCUT2D eigenvalue weighted by Gasteiger charge is 2.08. The minimum absolute atomic E-state index is 0.0372. The molecule has 106 valence electrons. The van der Waals surface area contributed by atoms with Gasteiger partial charge in [-0.1, -0.05) is 6.07 Å². The molecule has 0 radical (unpaired) electrons. The Morgan fingerprint density at radius 1 is 1.25 bits per heavy atom. The molecule has 0 aliphatic heterocycles. The fourth-order valence-electron chi connectivity index (χ4n) is 1.82. The summed E-state index contributed by atoms with van der Waals surface area (Å²) < 4.78 is 0. The van der Waals surface area contributed by atoms with Gasteiger partial charge in [0, 0.05) is 19.3 Å². The molecule has 0 saturated heterocycles. The van der Waals surface area contributed by atoms with Gasteiger partial charge >= 0.3 is 0 Å². The van der Waals surface area contributed by atoms with Crippen molar-refractivity contribution in [3.05, 3.63) is 46.3 Å². The lowest BCUT2D eigenvalue weighted by molar-refractivity contribution is 0.0956. The van der Waals surface area contributed by atoms with Gasteiger partial charge in [0.05, 0.1) is 4.88 Å². The predicted molar refractivity (Wildman–Crippen MR) is 83.3 cm³/mol. The van der Waals surface area contributed by atoms with E-state index < -0.39 is 0 Å². The first-order valence-electron chi connectivity index (χ1n) is 6.74. The lowest BCUT2D eigenvalue weighted by Crippen LogP contribution is -2.24. The highest BCUT2D eigenvalue weighted by Crippen LogP contribution is 2.14. The van der Waals surface area contributed by atoms with E-state index in [2.05, 4.69) is 15.6 Å². The molecule has 0 fully saturated rings. The van der Waals surface area contributed by atoms with Crippen molar-refractivity contribution in [2.75, 3.05) is 18.4 Å². The third-order valence-electron chi connectivity index (χ3n) is 2.93. The van der Waals surface area contributed by atoms with E-state index in [4.69, 9.17) is 0 Å². The summed E-state index contributed by atoms with van der Waals surface area (Å²) in [5.41, 5.74) is 1.05. The lowest BCUT2D eigenvalue weighted by atomic mass is 10.2. The minimum Gasteiger partial charge on any atom is -0.370 e. The molecule has 0 spiro atoms. The van der Waals surface area contributed by atoms with Crippen LogP contribution in [0.4, 0.5) is 5.82 Å². The predicted octanol–water partition coefficient (Wildman–Crippen LogP) is 3.07. The molecule has 0 aliphatic carbocycles. The first-order valence-corrected chi connectivity index (χ1v) is 7.62. The van der Waals surface area contributed by atoms with Crippen molar-refractivity contribution in [1.29, 1.82) is 0 Å². The molecule has 2 rings (SSSR count). The monoisotopic (exact) mass is 289 g/mol. The normalized spacial score (nSPS) is 10.2. The maximum Gasteiger partial charge on any atom is 0.261 e. The number of nitrogens with one attached hydrogen (secondary N) is 2. The quantitative estimate of drug-likeness (QED) is 0.770. The Kier molecular flexibility index (Phi) is 5.55. The molecule has 0 saturated carbocycles. The number of hydrogen-bond acceptors (Lipinski definition) is 4. The van der Waals surface area contributed by atoms with Crippen LogP contribution in [0, 0.1) is 6.92 Å². The topological polar surface area (TPSA) is 54.0 Å². The number of rotatable bonds is 7. The van der Waals surface area contributed by atoms with Crippen LogP contribution < -0.4 is 10.6 Å². The van der Waals surface area contributed by atoms with Crippen molar-refractivity contribution in [3.8, 4) is 0 Å². The average molecular weight is 289 g/mol. The summed E-state index contributed by atoms with van der Waals surface area (Å²) in [6.45, 7) is 3.53. The maximum absolute atomic E-state index is 11.9. The number of carbonyl (C=O) groups is 1. The fourth-order valence-corrected chi connectivity index (χ4v) is 2.66. The Morgan fingerprint density at radius 3 is 2.80 bits per heavy atom. The Bertz CT molecular complexity index is 539. The van der Waals surface area contributed by atoms with Crippen molar-refractivity contribution in [3.63, 3.8) is 0 Å². The van der Waals surface area contributed by atoms with Crippen LogP contribution in [0.5, 0.6) is 0 Å². The molecule has 2 aromatic heterocycles. The molecule has 0 aromatic carbocycles. The second-order valence-electron chi connectivity index (χ2n) is 4.54. The molecule has 2 heterocycles. The summed E-state index contributed by atoms with van der Waals surface area (Å²) in [6.07, 6.45) is 3.72. The number of hydrogen-bond donors (Lipinski definition) is 2. The Balaban J connectivity index is 1.58. The van der Waals surface area contributed by atoms with Crippen molar-refractivity contribution >= 4 is 23.1 Å². The standard InChI is InChI=1S/C15H19N3OS/c1-12-7-11-20-14(12)15(19)18-10-5-4-9-17-13-6-2-3-8-16-13/h2-3,6-8,11H,4-5,9-10H2,1H3,(H,16,17)(H,18,19). The van der Waals surface area contributed by atoms with Gasteiger partial charge in [0.15, 0.2) is 0 Å². The van der Waals surface area contributed by atoms with Crippen LogP contribution in [-0.4, -0.2) is 24.0 Å². The van der Waals surface area contributed by atoms with E-state index in [1.54, 1.807) is 6.20 Å². The lowest BCUT2D eigenvalue weighted by Gasteiger charge is -2.06. The molecule has 0 bridgehead atoms. The van der Waals surface area contributed by atoms with Crippen LogP contribution in [0.3, 0.4) is 0 Å². The molecule has 20 heavy (non-hydrogen) atoms. The van der Waals surface area contributed by atoms with Gasteiger partial charge < -0.3 is 10.6 Å². The number of pyridine rings is 1. The van der Waals surface area contributed by atoms with Gasteiger partial charge in [0.25, 0.3) is 5.91 Å². The minimum atomic E-state index is 0.0372. The molecule has 4 nitrogen and oxygen atoms in total. The molecule has 0 atom stereocenters. The van der Waals surface area contributed by atoms with E-state index in [0.717, 1.165) is 35.6 Å². The zero-order valence-electron chi connectivity index (χ0n) is 11.6. The summed E-state index contributed by atoms with van der Waals surface area (Å²) in [4.78, 5) is 16.9. The number of unbranched alkanes of at least 4 members (excludes halogenated alkanes) is 1. The first-order chi connectivity index (χ1) is 9.77. The van der Waals surface area contributed by atoms with Gasteiger partial charge in [-0.3, -0.25) is 4.79 Å². The highest BCUT2D eigenvalue weighted by molar-refractivity contribution is 7.12.